The zero-order valence-electron chi connectivity index (χ0n) is 13.7. The van der Waals surface area contributed by atoms with Gasteiger partial charge in [0.1, 0.15) is 11.5 Å². The van der Waals surface area contributed by atoms with Crippen LogP contribution in [-0.2, 0) is 6.42 Å². The van der Waals surface area contributed by atoms with Crippen LogP contribution < -0.4 is 15.4 Å². The maximum atomic E-state index is 11.9. The highest BCUT2D eigenvalue weighted by Gasteiger charge is 2.06. The van der Waals surface area contributed by atoms with Crippen LogP contribution in [0, 0.1) is 6.92 Å². The highest BCUT2D eigenvalue weighted by molar-refractivity contribution is 5.89. The Labute approximate surface area is 145 Å². The Balaban J connectivity index is 1.50. The fourth-order valence-corrected chi connectivity index (χ4v) is 2.16. The molecule has 0 radical (unpaired) electrons. The zero-order valence-corrected chi connectivity index (χ0v) is 13.7. The molecule has 0 unspecified atom stereocenters. The van der Waals surface area contributed by atoms with Gasteiger partial charge in [-0.15, -0.1) is 0 Å². The molecule has 7 heteroatoms. The van der Waals surface area contributed by atoms with E-state index in [1.807, 2.05) is 42.5 Å². The molecule has 0 saturated heterocycles. The van der Waals surface area contributed by atoms with Crippen LogP contribution >= 0.6 is 0 Å². The molecule has 3 rings (SSSR count). The molecule has 0 saturated carbocycles. The Morgan fingerprint density at radius 2 is 1.92 bits per heavy atom. The van der Waals surface area contributed by atoms with E-state index in [1.165, 1.54) is 0 Å². The third-order valence-electron chi connectivity index (χ3n) is 3.26. The number of nitrogens with one attached hydrogen (secondary N) is 2. The number of rotatable bonds is 6. The minimum absolute atomic E-state index is 0.312. The lowest BCUT2D eigenvalue weighted by atomic mass is 10.3. The summed E-state index contributed by atoms with van der Waals surface area (Å²) >= 11 is 0. The van der Waals surface area contributed by atoms with Gasteiger partial charge in [-0.25, -0.2) is 4.79 Å². The van der Waals surface area contributed by atoms with Crippen molar-refractivity contribution in [1.82, 2.24) is 15.5 Å². The zero-order chi connectivity index (χ0) is 17.5. The summed E-state index contributed by atoms with van der Waals surface area (Å²) < 4.78 is 10.7. The number of amides is 2. The highest BCUT2D eigenvalue weighted by Crippen LogP contribution is 2.23. The van der Waals surface area contributed by atoms with Crippen molar-refractivity contribution in [3.63, 3.8) is 0 Å². The lowest BCUT2D eigenvalue weighted by Gasteiger charge is -2.09. The molecule has 2 aromatic carbocycles. The first-order valence-corrected chi connectivity index (χ1v) is 7.86. The number of carbonyl (C=O) groups excluding carboxylic acids is 1. The molecule has 0 bridgehead atoms. The normalized spacial score (nSPS) is 10.3. The molecular formula is C18H18N4O3. The van der Waals surface area contributed by atoms with E-state index in [-0.39, 0.29) is 6.03 Å². The maximum absolute atomic E-state index is 11.9. The van der Waals surface area contributed by atoms with Crippen LogP contribution in [-0.4, -0.2) is 22.7 Å². The van der Waals surface area contributed by atoms with Crippen LogP contribution in [0.1, 0.15) is 11.7 Å². The van der Waals surface area contributed by atoms with Gasteiger partial charge in [-0.3, -0.25) is 0 Å². The topological polar surface area (TPSA) is 89.3 Å². The summed E-state index contributed by atoms with van der Waals surface area (Å²) in [5, 5.41) is 9.20. The number of benzene rings is 2. The van der Waals surface area contributed by atoms with E-state index in [4.69, 9.17) is 9.26 Å². The van der Waals surface area contributed by atoms with Crippen LogP contribution in [0.5, 0.6) is 11.5 Å². The van der Waals surface area contributed by atoms with Crippen molar-refractivity contribution in [2.45, 2.75) is 13.3 Å². The smallest absolute Gasteiger partial charge is 0.319 e. The standard InChI is InChI=1S/C18H18N4O3/c1-13-20-17(25-22-13)10-11-19-18(23)21-14-6-5-9-16(12-14)24-15-7-3-2-4-8-15/h2-9,12H,10-11H2,1H3,(H2,19,21,23). The van der Waals surface area contributed by atoms with Gasteiger partial charge < -0.3 is 19.9 Å². The van der Waals surface area contributed by atoms with E-state index in [0.29, 0.717) is 36.1 Å². The Morgan fingerprint density at radius 3 is 2.68 bits per heavy atom. The first kappa shape index (κ1) is 16.5. The van der Waals surface area contributed by atoms with Gasteiger partial charge in [0.05, 0.1) is 0 Å². The number of ether oxygens (including phenoxy) is 1. The number of para-hydroxylation sites is 1. The van der Waals surface area contributed by atoms with Gasteiger partial charge in [0, 0.05) is 24.7 Å². The van der Waals surface area contributed by atoms with Gasteiger partial charge in [-0.1, -0.05) is 29.4 Å². The van der Waals surface area contributed by atoms with Crippen molar-refractivity contribution >= 4 is 11.7 Å². The molecule has 1 aromatic heterocycles. The van der Waals surface area contributed by atoms with Crippen LogP contribution in [0.4, 0.5) is 10.5 Å². The number of aryl methyl sites for hydroxylation is 1. The minimum atomic E-state index is -0.312. The Kier molecular flexibility index (Phi) is 5.26. The number of carbonyl (C=O) groups is 1. The largest absolute Gasteiger partial charge is 0.457 e. The fraction of sp³-hybridized carbons (Fsp3) is 0.167. The molecule has 2 N–H and O–H groups in total. The highest BCUT2D eigenvalue weighted by atomic mass is 16.5. The second-order valence-electron chi connectivity index (χ2n) is 5.31. The summed E-state index contributed by atoms with van der Waals surface area (Å²) in [7, 11) is 0. The molecule has 0 spiro atoms. The Morgan fingerprint density at radius 1 is 1.12 bits per heavy atom. The monoisotopic (exact) mass is 338 g/mol. The fourth-order valence-electron chi connectivity index (χ4n) is 2.16. The molecule has 3 aromatic rings. The summed E-state index contributed by atoms with van der Waals surface area (Å²) in [5.74, 6) is 2.45. The van der Waals surface area contributed by atoms with E-state index in [2.05, 4.69) is 20.8 Å². The van der Waals surface area contributed by atoms with Crippen LogP contribution in [0.25, 0.3) is 0 Å². The number of hydrogen-bond acceptors (Lipinski definition) is 5. The quantitative estimate of drug-likeness (QED) is 0.717. The van der Waals surface area contributed by atoms with Crippen molar-refractivity contribution in [2.75, 3.05) is 11.9 Å². The summed E-state index contributed by atoms with van der Waals surface area (Å²) in [5.41, 5.74) is 0.638. The molecular weight excluding hydrogens is 320 g/mol. The summed E-state index contributed by atoms with van der Waals surface area (Å²) in [6, 6.07) is 16.3. The molecule has 25 heavy (non-hydrogen) atoms. The molecule has 0 atom stereocenters. The predicted molar refractivity (Wildman–Crippen MR) is 92.7 cm³/mol. The van der Waals surface area contributed by atoms with Crippen LogP contribution in [0.3, 0.4) is 0 Å². The Bertz CT molecular complexity index is 833. The van der Waals surface area contributed by atoms with Gasteiger partial charge >= 0.3 is 6.03 Å². The lowest BCUT2D eigenvalue weighted by Crippen LogP contribution is -2.30. The average molecular weight is 338 g/mol. The second kappa shape index (κ2) is 7.96. The molecule has 2 amide bonds. The van der Waals surface area contributed by atoms with Gasteiger partial charge in [0.15, 0.2) is 5.82 Å². The molecule has 0 aliphatic rings. The predicted octanol–water partition coefficient (Wildman–Crippen LogP) is 3.53. The van der Waals surface area contributed by atoms with Crippen molar-refractivity contribution in [3.05, 3.63) is 66.3 Å². The van der Waals surface area contributed by atoms with E-state index < -0.39 is 0 Å². The van der Waals surface area contributed by atoms with E-state index >= 15 is 0 Å². The van der Waals surface area contributed by atoms with Crippen LogP contribution in [0.2, 0.25) is 0 Å². The maximum Gasteiger partial charge on any atom is 0.319 e. The third-order valence-corrected chi connectivity index (χ3v) is 3.26. The summed E-state index contributed by atoms with van der Waals surface area (Å²) in [4.78, 5) is 16.0. The summed E-state index contributed by atoms with van der Waals surface area (Å²) in [6.45, 7) is 2.14. The van der Waals surface area contributed by atoms with Gasteiger partial charge in [-0.05, 0) is 31.2 Å². The van der Waals surface area contributed by atoms with E-state index in [9.17, 15) is 4.79 Å². The number of hydrogen-bond donors (Lipinski definition) is 2. The molecule has 1 heterocycles. The lowest BCUT2D eigenvalue weighted by molar-refractivity contribution is 0.252. The SMILES string of the molecule is Cc1noc(CCNC(=O)Nc2cccc(Oc3ccccc3)c2)n1. The number of urea groups is 1. The van der Waals surface area contributed by atoms with Crippen molar-refractivity contribution < 1.29 is 14.1 Å². The van der Waals surface area contributed by atoms with Gasteiger partial charge in [-0.2, -0.15) is 4.98 Å². The number of aromatic nitrogens is 2. The minimum Gasteiger partial charge on any atom is -0.457 e. The summed E-state index contributed by atoms with van der Waals surface area (Å²) in [6.07, 6.45) is 0.478. The first-order valence-electron chi connectivity index (χ1n) is 7.86. The van der Waals surface area contributed by atoms with Crippen molar-refractivity contribution in [3.8, 4) is 11.5 Å². The van der Waals surface area contributed by atoms with E-state index in [0.717, 1.165) is 5.75 Å². The molecule has 7 nitrogen and oxygen atoms in total. The van der Waals surface area contributed by atoms with Gasteiger partial charge in [0.25, 0.3) is 0 Å². The molecule has 128 valence electrons. The van der Waals surface area contributed by atoms with Gasteiger partial charge in [0.2, 0.25) is 5.89 Å². The first-order chi connectivity index (χ1) is 12.2. The second-order valence-corrected chi connectivity index (χ2v) is 5.31. The average Bonchev–Trinajstić information content (AvgIpc) is 3.01. The van der Waals surface area contributed by atoms with Crippen molar-refractivity contribution in [1.29, 1.82) is 0 Å². The van der Waals surface area contributed by atoms with E-state index in [1.54, 1.807) is 19.1 Å². The molecule has 0 aliphatic heterocycles. The number of anilines is 1. The molecule has 0 aliphatic carbocycles. The van der Waals surface area contributed by atoms with Crippen molar-refractivity contribution in [2.24, 2.45) is 0 Å². The third kappa shape index (κ3) is 5.07. The number of nitrogens with zero attached hydrogens (tertiary/aromatic N) is 2. The van der Waals surface area contributed by atoms with Crippen LogP contribution in [0.15, 0.2) is 59.1 Å². The Hall–Kier alpha value is -3.35. The molecule has 0 fully saturated rings.